The topological polar surface area (TPSA) is 64.8 Å². The Morgan fingerprint density at radius 1 is 1.50 bits per heavy atom. The van der Waals surface area contributed by atoms with Crippen LogP contribution in [0.15, 0.2) is 0 Å². The number of methoxy groups -OCH3 is 1. The third-order valence-corrected chi connectivity index (χ3v) is 3.11. The van der Waals surface area contributed by atoms with Crippen LogP contribution in [0.3, 0.4) is 0 Å². The van der Waals surface area contributed by atoms with E-state index in [0.29, 0.717) is 25.6 Å². The number of hydrogen-bond acceptors (Lipinski definition) is 4. The molecule has 0 bridgehead atoms. The van der Waals surface area contributed by atoms with E-state index in [2.05, 4.69) is 13.8 Å². The minimum atomic E-state index is -0.311. The van der Waals surface area contributed by atoms with E-state index in [-0.39, 0.29) is 18.1 Å². The van der Waals surface area contributed by atoms with Crippen molar-refractivity contribution in [1.29, 1.82) is 0 Å². The highest BCUT2D eigenvalue weighted by atomic mass is 16.5. The molecule has 1 aliphatic heterocycles. The Kier molecular flexibility index (Phi) is 6.60. The fourth-order valence-electron chi connectivity index (χ4n) is 2.20. The van der Waals surface area contributed by atoms with E-state index < -0.39 is 0 Å². The van der Waals surface area contributed by atoms with Crippen LogP contribution in [0, 0.1) is 5.92 Å². The number of ether oxygens (including phenoxy) is 2. The lowest BCUT2D eigenvalue weighted by molar-refractivity contribution is -0.143. The molecule has 106 valence electrons. The molecule has 0 aromatic heterocycles. The first-order valence-corrected chi connectivity index (χ1v) is 6.71. The van der Waals surface area contributed by atoms with Gasteiger partial charge in [-0.15, -0.1) is 0 Å². The SMILES string of the molecule is COCCN(CC(C)C)C(=O)[C@@H]1CC[C@H](CN)O1. The molecule has 0 unspecified atom stereocenters. The van der Waals surface area contributed by atoms with Crippen molar-refractivity contribution in [3.05, 3.63) is 0 Å². The molecule has 2 atom stereocenters. The second-order valence-corrected chi connectivity index (χ2v) is 5.23. The van der Waals surface area contributed by atoms with Crippen LogP contribution in [0.4, 0.5) is 0 Å². The first-order valence-electron chi connectivity index (χ1n) is 6.71. The molecule has 0 saturated carbocycles. The van der Waals surface area contributed by atoms with Gasteiger partial charge in [0.15, 0.2) is 0 Å². The second kappa shape index (κ2) is 7.71. The van der Waals surface area contributed by atoms with Crippen molar-refractivity contribution in [1.82, 2.24) is 4.90 Å². The molecular weight excluding hydrogens is 232 g/mol. The van der Waals surface area contributed by atoms with Gasteiger partial charge in [0.2, 0.25) is 0 Å². The van der Waals surface area contributed by atoms with Gasteiger partial charge in [0.1, 0.15) is 6.10 Å². The molecule has 2 N–H and O–H groups in total. The van der Waals surface area contributed by atoms with E-state index in [1.807, 2.05) is 4.90 Å². The summed E-state index contributed by atoms with van der Waals surface area (Å²) in [6.07, 6.45) is 1.39. The molecule has 1 rings (SSSR count). The number of carbonyl (C=O) groups is 1. The molecule has 1 heterocycles. The number of nitrogens with zero attached hydrogens (tertiary/aromatic N) is 1. The lowest BCUT2D eigenvalue weighted by Crippen LogP contribution is -2.43. The van der Waals surface area contributed by atoms with Crippen molar-refractivity contribution >= 4 is 5.91 Å². The van der Waals surface area contributed by atoms with Crippen molar-refractivity contribution in [2.45, 2.75) is 38.9 Å². The summed E-state index contributed by atoms with van der Waals surface area (Å²) in [5.74, 6) is 0.522. The fourth-order valence-corrected chi connectivity index (χ4v) is 2.20. The van der Waals surface area contributed by atoms with Crippen molar-refractivity contribution in [2.24, 2.45) is 11.7 Å². The molecule has 0 aliphatic carbocycles. The predicted molar refractivity (Wildman–Crippen MR) is 70.2 cm³/mol. The first-order chi connectivity index (χ1) is 8.58. The lowest BCUT2D eigenvalue weighted by atomic mass is 10.1. The van der Waals surface area contributed by atoms with Crippen molar-refractivity contribution in [3.8, 4) is 0 Å². The van der Waals surface area contributed by atoms with Gasteiger partial charge in [0, 0.05) is 26.7 Å². The number of hydrogen-bond donors (Lipinski definition) is 1. The van der Waals surface area contributed by atoms with Crippen molar-refractivity contribution in [3.63, 3.8) is 0 Å². The summed E-state index contributed by atoms with van der Waals surface area (Å²) in [5, 5.41) is 0. The summed E-state index contributed by atoms with van der Waals surface area (Å²) in [5.41, 5.74) is 5.56. The van der Waals surface area contributed by atoms with Crippen LogP contribution in [-0.4, -0.2) is 56.4 Å². The lowest BCUT2D eigenvalue weighted by Gasteiger charge is -2.27. The summed E-state index contributed by atoms with van der Waals surface area (Å²) in [7, 11) is 1.65. The average molecular weight is 258 g/mol. The third kappa shape index (κ3) is 4.55. The molecule has 0 aromatic carbocycles. The highest BCUT2D eigenvalue weighted by Gasteiger charge is 2.32. The minimum absolute atomic E-state index is 0.0438. The monoisotopic (exact) mass is 258 g/mol. The second-order valence-electron chi connectivity index (χ2n) is 5.23. The number of rotatable bonds is 7. The molecule has 1 amide bonds. The molecule has 0 radical (unpaired) electrons. The smallest absolute Gasteiger partial charge is 0.251 e. The number of amides is 1. The summed E-state index contributed by atoms with van der Waals surface area (Å²) in [4.78, 5) is 14.2. The molecule has 1 saturated heterocycles. The Labute approximate surface area is 110 Å². The zero-order valence-electron chi connectivity index (χ0n) is 11.7. The van der Waals surface area contributed by atoms with E-state index in [9.17, 15) is 4.79 Å². The van der Waals surface area contributed by atoms with E-state index in [0.717, 1.165) is 19.4 Å². The summed E-state index contributed by atoms with van der Waals surface area (Å²) < 4.78 is 10.7. The highest BCUT2D eigenvalue weighted by molar-refractivity contribution is 5.81. The summed E-state index contributed by atoms with van der Waals surface area (Å²) in [6.45, 7) is 6.63. The maximum Gasteiger partial charge on any atom is 0.251 e. The first kappa shape index (κ1) is 15.4. The fraction of sp³-hybridized carbons (Fsp3) is 0.923. The van der Waals surface area contributed by atoms with Gasteiger partial charge >= 0.3 is 0 Å². The van der Waals surface area contributed by atoms with E-state index >= 15 is 0 Å². The van der Waals surface area contributed by atoms with Crippen LogP contribution >= 0.6 is 0 Å². The normalized spacial score (nSPS) is 23.6. The van der Waals surface area contributed by atoms with Crippen LogP contribution in [0.1, 0.15) is 26.7 Å². The molecule has 1 aliphatic rings. The van der Waals surface area contributed by atoms with Gasteiger partial charge in [-0.2, -0.15) is 0 Å². The maximum absolute atomic E-state index is 12.4. The number of nitrogens with two attached hydrogens (primary N) is 1. The molecule has 1 fully saturated rings. The Bertz CT molecular complexity index is 259. The van der Waals surface area contributed by atoms with Crippen molar-refractivity contribution in [2.75, 3.05) is 33.4 Å². The number of carbonyl (C=O) groups excluding carboxylic acids is 1. The van der Waals surface area contributed by atoms with Crippen LogP contribution < -0.4 is 5.73 Å². The zero-order chi connectivity index (χ0) is 13.5. The Balaban J connectivity index is 2.52. The molecule has 0 aromatic rings. The largest absolute Gasteiger partial charge is 0.383 e. The van der Waals surface area contributed by atoms with Gasteiger partial charge in [0.05, 0.1) is 12.7 Å². The van der Waals surface area contributed by atoms with Crippen molar-refractivity contribution < 1.29 is 14.3 Å². The van der Waals surface area contributed by atoms with E-state index in [1.165, 1.54) is 0 Å². The van der Waals surface area contributed by atoms with E-state index in [1.54, 1.807) is 7.11 Å². The average Bonchev–Trinajstić information content (AvgIpc) is 2.81. The van der Waals surface area contributed by atoms with Crippen LogP contribution in [0.2, 0.25) is 0 Å². The quantitative estimate of drug-likeness (QED) is 0.727. The predicted octanol–water partition coefficient (Wildman–Crippen LogP) is 0.624. The molecule has 0 spiro atoms. The molecule has 5 nitrogen and oxygen atoms in total. The van der Waals surface area contributed by atoms with E-state index in [4.69, 9.17) is 15.2 Å². The maximum atomic E-state index is 12.4. The molecule has 18 heavy (non-hydrogen) atoms. The Morgan fingerprint density at radius 3 is 2.72 bits per heavy atom. The molecule has 5 heteroatoms. The van der Waals surface area contributed by atoms with Gasteiger partial charge < -0.3 is 20.1 Å². The Hall–Kier alpha value is -0.650. The van der Waals surface area contributed by atoms with Gasteiger partial charge in [0.25, 0.3) is 5.91 Å². The third-order valence-electron chi connectivity index (χ3n) is 3.11. The van der Waals surface area contributed by atoms with Gasteiger partial charge in [-0.3, -0.25) is 4.79 Å². The zero-order valence-corrected chi connectivity index (χ0v) is 11.7. The standard InChI is InChI=1S/C13H26N2O3/c1-10(2)9-15(6-7-17-3)13(16)12-5-4-11(8-14)18-12/h10-12H,4-9,14H2,1-3H3/t11-,12+/m1/s1. The van der Waals surface area contributed by atoms with Crippen LogP contribution in [0.25, 0.3) is 0 Å². The minimum Gasteiger partial charge on any atom is -0.383 e. The highest BCUT2D eigenvalue weighted by Crippen LogP contribution is 2.21. The molecular formula is C13H26N2O3. The van der Waals surface area contributed by atoms with Gasteiger partial charge in [-0.25, -0.2) is 0 Å². The Morgan fingerprint density at radius 2 is 2.22 bits per heavy atom. The summed E-state index contributed by atoms with van der Waals surface area (Å²) >= 11 is 0. The van der Waals surface area contributed by atoms with Gasteiger partial charge in [-0.1, -0.05) is 13.8 Å². The van der Waals surface area contributed by atoms with Crippen LogP contribution in [-0.2, 0) is 14.3 Å². The van der Waals surface area contributed by atoms with Crippen LogP contribution in [0.5, 0.6) is 0 Å². The van der Waals surface area contributed by atoms with Gasteiger partial charge in [-0.05, 0) is 18.8 Å². The summed E-state index contributed by atoms with van der Waals surface area (Å²) in [6, 6.07) is 0.